The van der Waals surface area contributed by atoms with Crippen LogP contribution in [0, 0.1) is 5.82 Å². The van der Waals surface area contributed by atoms with Gasteiger partial charge in [0.05, 0.1) is 11.1 Å². The average molecular weight is 373 g/mol. The van der Waals surface area contributed by atoms with Crippen molar-refractivity contribution in [1.29, 1.82) is 0 Å². The Kier molecular flexibility index (Phi) is 5.03. The van der Waals surface area contributed by atoms with Gasteiger partial charge in [0, 0.05) is 11.1 Å². The van der Waals surface area contributed by atoms with E-state index in [1.807, 2.05) is 0 Å². The van der Waals surface area contributed by atoms with E-state index in [0.717, 1.165) is 11.3 Å². The topological polar surface area (TPSA) is 68.3 Å². The van der Waals surface area contributed by atoms with Crippen LogP contribution in [0.5, 0.6) is 0 Å². The van der Waals surface area contributed by atoms with Crippen molar-refractivity contribution in [3.05, 3.63) is 44.6 Å². The number of carbonyl (C=O) groups excluding carboxylic acids is 2. The molecule has 1 amide bonds. The van der Waals surface area contributed by atoms with E-state index in [0.29, 0.717) is 5.69 Å². The minimum absolute atomic E-state index is 0.100. The van der Waals surface area contributed by atoms with Gasteiger partial charge in [0.1, 0.15) is 11.5 Å². The van der Waals surface area contributed by atoms with Crippen LogP contribution >= 0.6 is 27.3 Å². The van der Waals surface area contributed by atoms with Gasteiger partial charge in [0.25, 0.3) is 5.91 Å². The Labute approximate surface area is 132 Å². The van der Waals surface area contributed by atoms with Crippen LogP contribution in [0.15, 0.2) is 28.1 Å². The maximum atomic E-state index is 13.1. The molecule has 0 saturated heterocycles. The fourth-order valence-corrected chi connectivity index (χ4v) is 2.50. The Hall–Kier alpha value is -1.80. The molecule has 0 atom stereocenters. The number of esters is 1. The molecule has 1 aromatic heterocycles. The van der Waals surface area contributed by atoms with E-state index < -0.39 is 17.7 Å². The number of benzene rings is 1. The molecule has 5 nitrogen and oxygen atoms in total. The van der Waals surface area contributed by atoms with Crippen molar-refractivity contribution in [2.24, 2.45) is 0 Å². The lowest BCUT2D eigenvalue weighted by atomic mass is 10.3. The minimum atomic E-state index is -0.564. The summed E-state index contributed by atoms with van der Waals surface area (Å²) in [5.41, 5.74) is 0.516. The molecule has 1 aromatic carbocycles. The molecule has 8 heteroatoms. The van der Waals surface area contributed by atoms with Crippen LogP contribution < -0.4 is 5.32 Å². The fourth-order valence-electron chi connectivity index (χ4n) is 1.43. The third-order valence-corrected chi connectivity index (χ3v) is 3.79. The fraction of sp³-hybridized carbons (Fsp3) is 0.154. The monoisotopic (exact) mass is 372 g/mol. The number of hydrogen-bond donors (Lipinski definition) is 1. The zero-order valence-corrected chi connectivity index (χ0v) is 13.3. The molecule has 0 fully saturated rings. The van der Waals surface area contributed by atoms with Crippen molar-refractivity contribution >= 4 is 44.8 Å². The van der Waals surface area contributed by atoms with E-state index in [2.05, 4.69) is 26.2 Å². The lowest BCUT2D eigenvalue weighted by Gasteiger charge is -2.04. The number of amides is 1. The first-order chi connectivity index (χ1) is 10.0. The molecule has 0 aliphatic carbocycles. The number of thiazole rings is 1. The highest BCUT2D eigenvalue weighted by atomic mass is 79.9. The molecule has 0 bridgehead atoms. The van der Waals surface area contributed by atoms with Crippen molar-refractivity contribution in [2.75, 3.05) is 11.9 Å². The van der Waals surface area contributed by atoms with E-state index in [1.165, 1.54) is 23.6 Å². The summed E-state index contributed by atoms with van der Waals surface area (Å²) < 4.78 is 18.1. The summed E-state index contributed by atoms with van der Waals surface area (Å²) in [6.07, 6.45) is 0. The van der Waals surface area contributed by atoms with Crippen molar-refractivity contribution in [1.82, 2.24) is 4.98 Å². The number of rotatable bonds is 4. The average Bonchev–Trinajstić information content (AvgIpc) is 2.93. The zero-order valence-electron chi connectivity index (χ0n) is 10.9. The Balaban J connectivity index is 2.10. The van der Waals surface area contributed by atoms with Gasteiger partial charge in [0.2, 0.25) is 5.01 Å². The summed E-state index contributed by atoms with van der Waals surface area (Å²) in [4.78, 5) is 27.4. The Morgan fingerprint density at radius 1 is 1.48 bits per heavy atom. The Morgan fingerprint density at radius 2 is 2.24 bits per heavy atom. The van der Waals surface area contributed by atoms with E-state index >= 15 is 0 Å². The molecule has 1 N–H and O–H groups in total. The first-order valence-corrected chi connectivity index (χ1v) is 7.57. The quantitative estimate of drug-likeness (QED) is 0.834. The second-order valence-electron chi connectivity index (χ2n) is 3.84. The molecule has 0 spiro atoms. The van der Waals surface area contributed by atoms with E-state index in [4.69, 9.17) is 4.74 Å². The highest BCUT2D eigenvalue weighted by molar-refractivity contribution is 9.10. The summed E-state index contributed by atoms with van der Waals surface area (Å²) >= 11 is 4.06. The SMILES string of the molecule is CCOC(=O)c1nc(C(=O)Nc2ccc(F)c(Br)c2)cs1. The maximum absolute atomic E-state index is 13.1. The Morgan fingerprint density at radius 3 is 2.90 bits per heavy atom. The zero-order chi connectivity index (χ0) is 15.4. The maximum Gasteiger partial charge on any atom is 0.367 e. The molecule has 0 unspecified atom stereocenters. The number of ether oxygens (including phenoxy) is 1. The summed E-state index contributed by atoms with van der Waals surface area (Å²) in [6.45, 7) is 1.93. The van der Waals surface area contributed by atoms with Gasteiger partial charge in [-0.15, -0.1) is 11.3 Å². The standard InChI is InChI=1S/C13H10BrFN2O3S/c1-2-20-13(19)12-17-10(6-21-12)11(18)16-7-3-4-9(15)8(14)5-7/h3-6H,2H2,1H3,(H,16,18). The van der Waals surface area contributed by atoms with Gasteiger partial charge < -0.3 is 10.1 Å². The smallest absolute Gasteiger partial charge is 0.367 e. The van der Waals surface area contributed by atoms with Gasteiger partial charge in [0.15, 0.2) is 0 Å². The van der Waals surface area contributed by atoms with Crippen LogP contribution in [0.2, 0.25) is 0 Å². The van der Waals surface area contributed by atoms with Crippen LogP contribution in [0.25, 0.3) is 0 Å². The largest absolute Gasteiger partial charge is 0.461 e. The van der Waals surface area contributed by atoms with E-state index in [-0.39, 0.29) is 21.8 Å². The van der Waals surface area contributed by atoms with E-state index in [1.54, 1.807) is 6.92 Å². The predicted octanol–water partition coefficient (Wildman–Crippen LogP) is 3.47. The minimum Gasteiger partial charge on any atom is -0.461 e. The third kappa shape index (κ3) is 3.85. The number of anilines is 1. The third-order valence-electron chi connectivity index (χ3n) is 2.36. The molecule has 2 aromatic rings. The predicted molar refractivity (Wildman–Crippen MR) is 80.1 cm³/mol. The first kappa shape index (κ1) is 15.6. The number of nitrogens with one attached hydrogen (secondary N) is 1. The van der Waals surface area contributed by atoms with Gasteiger partial charge in [-0.1, -0.05) is 0 Å². The molecule has 0 aliphatic heterocycles. The van der Waals surface area contributed by atoms with Gasteiger partial charge in [-0.3, -0.25) is 4.79 Å². The van der Waals surface area contributed by atoms with Crippen molar-refractivity contribution in [3.63, 3.8) is 0 Å². The van der Waals surface area contributed by atoms with Crippen LogP contribution in [0.4, 0.5) is 10.1 Å². The molecule has 0 aliphatic rings. The van der Waals surface area contributed by atoms with Crippen molar-refractivity contribution in [2.45, 2.75) is 6.92 Å². The Bertz CT molecular complexity index is 690. The van der Waals surface area contributed by atoms with Crippen LogP contribution in [0.3, 0.4) is 0 Å². The number of aromatic nitrogens is 1. The molecule has 0 saturated carbocycles. The van der Waals surface area contributed by atoms with Gasteiger partial charge in [-0.25, -0.2) is 14.2 Å². The highest BCUT2D eigenvalue weighted by Crippen LogP contribution is 2.21. The number of nitrogens with zero attached hydrogens (tertiary/aromatic N) is 1. The lowest BCUT2D eigenvalue weighted by Crippen LogP contribution is -2.13. The van der Waals surface area contributed by atoms with Crippen molar-refractivity contribution < 1.29 is 18.7 Å². The molecule has 2 rings (SSSR count). The van der Waals surface area contributed by atoms with Crippen LogP contribution in [-0.2, 0) is 4.74 Å². The summed E-state index contributed by atoms with van der Waals surface area (Å²) in [5, 5.41) is 4.14. The van der Waals surface area contributed by atoms with Crippen LogP contribution in [0.1, 0.15) is 27.2 Å². The molecular formula is C13H10BrFN2O3S. The molecule has 1 heterocycles. The van der Waals surface area contributed by atoms with Gasteiger partial charge in [-0.2, -0.15) is 0 Å². The van der Waals surface area contributed by atoms with Gasteiger partial charge >= 0.3 is 5.97 Å². The second kappa shape index (κ2) is 6.77. The van der Waals surface area contributed by atoms with Crippen molar-refractivity contribution in [3.8, 4) is 0 Å². The summed E-state index contributed by atoms with van der Waals surface area (Å²) in [7, 11) is 0. The number of halogens is 2. The highest BCUT2D eigenvalue weighted by Gasteiger charge is 2.16. The second-order valence-corrected chi connectivity index (χ2v) is 5.55. The molecule has 0 radical (unpaired) electrons. The molecular weight excluding hydrogens is 363 g/mol. The summed E-state index contributed by atoms with van der Waals surface area (Å²) in [5.74, 6) is -1.47. The lowest BCUT2D eigenvalue weighted by molar-refractivity contribution is 0.0526. The van der Waals surface area contributed by atoms with Gasteiger partial charge in [-0.05, 0) is 41.1 Å². The normalized spacial score (nSPS) is 10.2. The number of hydrogen-bond acceptors (Lipinski definition) is 5. The molecule has 110 valence electrons. The molecule has 21 heavy (non-hydrogen) atoms. The summed E-state index contributed by atoms with van der Waals surface area (Å²) in [6, 6.07) is 4.09. The van der Waals surface area contributed by atoms with Crippen LogP contribution in [-0.4, -0.2) is 23.5 Å². The number of carbonyl (C=O) groups is 2. The first-order valence-electron chi connectivity index (χ1n) is 5.90. The van der Waals surface area contributed by atoms with E-state index in [9.17, 15) is 14.0 Å².